The molecule has 3 nitrogen and oxygen atoms in total. The van der Waals surface area contributed by atoms with Crippen LogP contribution in [0.15, 0.2) is 0 Å². The highest BCUT2D eigenvalue weighted by Gasteiger charge is 2.32. The molecular weight excluding hydrogens is 246 g/mol. The number of hydrogen-bond donors (Lipinski definition) is 2. The van der Waals surface area contributed by atoms with E-state index < -0.39 is 0 Å². The Morgan fingerprint density at radius 3 is 2.40 bits per heavy atom. The van der Waals surface area contributed by atoms with Crippen LogP contribution in [-0.4, -0.2) is 43.2 Å². The Morgan fingerprint density at radius 1 is 0.900 bits per heavy atom. The minimum absolute atomic E-state index is 0.724. The molecule has 1 aliphatic heterocycles. The average molecular weight is 279 g/mol. The highest BCUT2D eigenvalue weighted by molar-refractivity contribution is 4.89. The fourth-order valence-corrected chi connectivity index (χ4v) is 4.39. The molecule has 0 amide bonds. The zero-order valence-electron chi connectivity index (χ0n) is 13.0. The van der Waals surface area contributed by atoms with Crippen LogP contribution in [0.1, 0.15) is 57.8 Å². The van der Waals surface area contributed by atoms with Gasteiger partial charge in [0.1, 0.15) is 0 Å². The second-order valence-corrected chi connectivity index (χ2v) is 7.53. The van der Waals surface area contributed by atoms with Gasteiger partial charge in [-0.3, -0.25) is 0 Å². The fourth-order valence-electron chi connectivity index (χ4n) is 4.39. The van der Waals surface area contributed by atoms with Crippen molar-refractivity contribution in [3.63, 3.8) is 0 Å². The molecule has 0 spiro atoms. The van der Waals surface area contributed by atoms with Crippen molar-refractivity contribution in [2.24, 2.45) is 17.6 Å². The first-order chi connectivity index (χ1) is 9.83. The molecule has 3 aliphatic rings. The molecule has 2 unspecified atom stereocenters. The van der Waals surface area contributed by atoms with Gasteiger partial charge in [0.25, 0.3) is 0 Å². The van der Waals surface area contributed by atoms with E-state index in [2.05, 4.69) is 10.2 Å². The predicted octanol–water partition coefficient (Wildman–Crippen LogP) is 2.36. The highest BCUT2D eigenvalue weighted by atomic mass is 15.2. The van der Waals surface area contributed by atoms with Crippen LogP contribution in [0.3, 0.4) is 0 Å². The summed E-state index contributed by atoms with van der Waals surface area (Å²) in [6, 6.07) is 1.52. The van der Waals surface area contributed by atoms with Gasteiger partial charge in [0.05, 0.1) is 0 Å². The van der Waals surface area contributed by atoms with E-state index in [0.717, 1.165) is 37.0 Å². The number of nitrogens with one attached hydrogen (secondary N) is 1. The van der Waals surface area contributed by atoms with Gasteiger partial charge in [0, 0.05) is 38.3 Å². The van der Waals surface area contributed by atoms with Crippen molar-refractivity contribution in [2.75, 3.05) is 26.2 Å². The number of piperidine rings is 1. The predicted molar refractivity (Wildman–Crippen MR) is 84.7 cm³/mol. The normalized spacial score (nSPS) is 33.5. The summed E-state index contributed by atoms with van der Waals surface area (Å²) in [5.41, 5.74) is 5.79. The molecule has 0 aromatic heterocycles. The van der Waals surface area contributed by atoms with Gasteiger partial charge in [-0.1, -0.05) is 32.1 Å². The summed E-state index contributed by atoms with van der Waals surface area (Å²) in [6.07, 6.45) is 13.0. The van der Waals surface area contributed by atoms with Crippen molar-refractivity contribution in [1.29, 1.82) is 0 Å². The van der Waals surface area contributed by atoms with Gasteiger partial charge in [-0.05, 0) is 37.5 Å². The Labute approximate surface area is 124 Å². The summed E-state index contributed by atoms with van der Waals surface area (Å²) < 4.78 is 0. The Hall–Kier alpha value is -0.120. The van der Waals surface area contributed by atoms with Gasteiger partial charge in [0.15, 0.2) is 0 Å². The van der Waals surface area contributed by atoms with Crippen molar-refractivity contribution in [3.05, 3.63) is 0 Å². The minimum atomic E-state index is 0.724. The van der Waals surface area contributed by atoms with Crippen LogP contribution in [0.2, 0.25) is 0 Å². The highest BCUT2D eigenvalue weighted by Crippen LogP contribution is 2.37. The number of nitrogens with zero attached hydrogens (tertiary/aromatic N) is 1. The fraction of sp³-hybridized carbons (Fsp3) is 1.00. The lowest BCUT2D eigenvalue weighted by Gasteiger charge is -2.40. The van der Waals surface area contributed by atoms with E-state index in [-0.39, 0.29) is 0 Å². The standard InChI is InChI=1S/C17H33N3/c18-8-9-20-12-15(10-14-6-7-14)11-17(13-20)19-16-4-2-1-3-5-16/h14-17,19H,1-13,18H2. The minimum Gasteiger partial charge on any atom is -0.329 e. The molecule has 2 saturated carbocycles. The molecular formula is C17H33N3. The molecule has 2 aliphatic carbocycles. The lowest BCUT2D eigenvalue weighted by Crippen LogP contribution is -2.53. The Kier molecular flexibility index (Phi) is 5.36. The monoisotopic (exact) mass is 279 g/mol. The summed E-state index contributed by atoms with van der Waals surface area (Å²) in [6.45, 7) is 4.43. The van der Waals surface area contributed by atoms with Gasteiger partial charge < -0.3 is 16.0 Å². The number of nitrogens with two attached hydrogens (primary N) is 1. The first-order valence-electron chi connectivity index (χ1n) is 9.02. The largest absolute Gasteiger partial charge is 0.329 e. The zero-order valence-corrected chi connectivity index (χ0v) is 13.0. The number of likely N-dealkylation sites (tertiary alicyclic amines) is 1. The maximum absolute atomic E-state index is 5.79. The summed E-state index contributed by atoms with van der Waals surface area (Å²) >= 11 is 0. The van der Waals surface area contributed by atoms with Gasteiger partial charge in [-0.2, -0.15) is 0 Å². The molecule has 3 N–H and O–H groups in total. The second kappa shape index (κ2) is 7.24. The average Bonchev–Trinajstić information content (AvgIpc) is 3.24. The Bertz CT molecular complexity index is 284. The van der Waals surface area contributed by atoms with Crippen molar-refractivity contribution in [1.82, 2.24) is 10.2 Å². The van der Waals surface area contributed by atoms with E-state index >= 15 is 0 Å². The van der Waals surface area contributed by atoms with E-state index in [0.29, 0.717) is 0 Å². The maximum atomic E-state index is 5.79. The van der Waals surface area contributed by atoms with E-state index in [1.807, 2.05) is 0 Å². The lowest BCUT2D eigenvalue weighted by atomic mass is 9.88. The lowest BCUT2D eigenvalue weighted by molar-refractivity contribution is 0.126. The van der Waals surface area contributed by atoms with Gasteiger partial charge in [-0.25, -0.2) is 0 Å². The smallest absolute Gasteiger partial charge is 0.0200 e. The maximum Gasteiger partial charge on any atom is 0.0200 e. The molecule has 1 saturated heterocycles. The molecule has 3 fully saturated rings. The third kappa shape index (κ3) is 4.44. The van der Waals surface area contributed by atoms with Crippen molar-refractivity contribution >= 4 is 0 Å². The summed E-state index contributed by atoms with van der Waals surface area (Å²) in [5.74, 6) is 1.98. The van der Waals surface area contributed by atoms with Crippen molar-refractivity contribution in [3.8, 4) is 0 Å². The van der Waals surface area contributed by atoms with Crippen LogP contribution in [-0.2, 0) is 0 Å². The van der Waals surface area contributed by atoms with Crippen molar-refractivity contribution in [2.45, 2.75) is 69.9 Å². The molecule has 2 atom stereocenters. The number of rotatable bonds is 6. The quantitative estimate of drug-likeness (QED) is 0.784. The molecule has 0 aromatic rings. The van der Waals surface area contributed by atoms with Gasteiger partial charge in [-0.15, -0.1) is 0 Å². The Balaban J connectivity index is 1.50. The second-order valence-electron chi connectivity index (χ2n) is 7.53. The SMILES string of the molecule is NCCN1CC(CC2CC2)CC(NC2CCCCC2)C1. The molecule has 0 aromatic carbocycles. The molecule has 3 heteroatoms. The van der Waals surface area contributed by atoms with Crippen LogP contribution < -0.4 is 11.1 Å². The first kappa shape index (κ1) is 14.8. The Morgan fingerprint density at radius 2 is 1.70 bits per heavy atom. The number of hydrogen-bond acceptors (Lipinski definition) is 3. The molecule has 0 bridgehead atoms. The van der Waals surface area contributed by atoms with E-state index in [1.165, 1.54) is 70.9 Å². The summed E-state index contributed by atoms with van der Waals surface area (Å²) in [5, 5.41) is 3.99. The summed E-state index contributed by atoms with van der Waals surface area (Å²) in [4.78, 5) is 2.62. The van der Waals surface area contributed by atoms with Crippen LogP contribution in [0.4, 0.5) is 0 Å². The molecule has 20 heavy (non-hydrogen) atoms. The molecule has 1 heterocycles. The van der Waals surface area contributed by atoms with Crippen LogP contribution >= 0.6 is 0 Å². The van der Waals surface area contributed by atoms with Crippen LogP contribution in [0.5, 0.6) is 0 Å². The first-order valence-corrected chi connectivity index (χ1v) is 9.02. The van der Waals surface area contributed by atoms with Gasteiger partial charge >= 0.3 is 0 Å². The van der Waals surface area contributed by atoms with Gasteiger partial charge in [0.2, 0.25) is 0 Å². The van der Waals surface area contributed by atoms with Crippen LogP contribution in [0.25, 0.3) is 0 Å². The molecule has 3 rings (SSSR count). The third-order valence-corrected chi connectivity index (χ3v) is 5.50. The third-order valence-electron chi connectivity index (χ3n) is 5.50. The van der Waals surface area contributed by atoms with E-state index in [1.54, 1.807) is 0 Å². The zero-order chi connectivity index (χ0) is 13.8. The van der Waals surface area contributed by atoms with Crippen molar-refractivity contribution < 1.29 is 0 Å². The molecule has 0 radical (unpaired) electrons. The summed E-state index contributed by atoms with van der Waals surface area (Å²) in [7, 11) is 0. The molecule has 116 valence electrons. The van der Waals surface area contributed by atoms with Crippen LogP contribution in [0, 0.1) is 11.8 Å². The van der Waals surface area contributed by atoms with E-state index in [9.17, 15) is 0 Å². The van der Waals surface area contributed by atoms with E-state index in [4.69, 9.17) is 5.73 Å². The topological polar surface area (TPSA) is 41.3 Å².